The summed E-state index contributed by atoms with van der Waals surface area (Å²) in [5.74, 6) is 4.48. The molecule has 16 radical (unpaired) electrons. The molecule has 0 aromatic heterocycles. The summed E-state index contributed by atoms with van der Waals surface area (Å²) in [5.41, 5.74) is -4.95. The van der Waals surface area contributed by atoms with E-state index in [4.69, 9.17) is 13.0 Å². The molecule has 1 heterocycles. The van der Waals surface area contributed by atoms with Gasteiger partial charge >= 0.3 is 25.0 Å². The minimum Gasteiger partial charge on any atom is -0.741 e. The van der Waals surface area contributed by atoms with Gasteiger partial charge in [-0.3, -0.25) is 0 Å². The Morgan fingerprint density at radius 2 is 0.554 bits per heavy atom. The third kappa shape index (κ3) is 24.4. The van der Waals surface area contributed by atoms with E-state index in [9.17, 15) is 13.2 Å². The second-order valence-corrected chi connectivity index (χ2v) is 34.3. The molecule has 0 N–H and O–H groups in total. The first kappa shape index (κ1) is 68.8. The van der Waals surface area contributed by atoms with E-state index in [0.717, 1.165) is 0 Å². The van der Waals surface area contributed by atoms with Gasteiger partial charge in [0.25, 0.3) is 0 Å². The quantitative estimate of drug-likeness (QED) is 0.0723. The molecule has 9 rings (SSSR count). The van der Waals surface area contributed by atoms with Gasteiger partial charge in [-0.1, -0.05) is 244 Å². The van der Waals surface area contributed by atoms with Crippen molar-refractivity contribution in [3.8, 4) is 0 Å². The topological polar surface area (TPSA) is 57.2 Å². The number of halogens is 3. The van der Waals surface area contributed by atoms with Crippen molar-refractivity contribution in [1.82, 2.24) is 0 Å². The average molecular weight is 1260 g/mol. The maximum Gasteiger partial charge on any atom is 1.00 e. The van der Waals surface area contributed by atoms with Gasteiger partial charge in [-0.25, -0.2) is 8.42 Å². The van der Waals surface area contributed by atoms with Gasteiger partial charge in [-0.05, 0) is 127 Å². The van der Waals surface area contributed by atoms with Crippen molar-refractivity contribution in [2.24, 2.45) is 16.2 Å². The zero-order valence-corrected chi connectivity index (χ0v) is 52.0. The summed E-state index contributed by atoms with van der Waals surface area (Å²) in [4.78, 5) is 0. The van der Waals surface area contributed by atoms with E-state index in [1.54, 1.807) is 31.8 Å². The smallest absolute Gasteiger partial charge is 0.741 e. The standard InChI is InChI=1S/2C18H15P.C17H29.C5H5.CHF3O3S.Co.P4.Ru/c2*1-4-10-16(11-5-1)19(17-12-6-2-7-13-17)18-14-8-3-9-15-18;1-15(2,3)12-10-13(16(4,5)6)14(11-12)17(7,8)9;1-2-4-5-3-1;2-1(3,4)8(5,6)7;;1-2-4-3-1;/h2*1-15H;10-11H,1-9H3;1-5H;(H,5,6,7);;;/q;;;;;;;+1/p-1. The zero-order chi connectivity index (χ0) is 52.8. The van der Waals surface area contributed by atoms with Crippen molar-refractivity contribution in [2.75, 3.05) is 0 Å². The van der Waals surface area contributed by atoms with Crippen molar-refractivity contribution >= 4 is 89.6 Å². The maximum absolute atomic E-state index is 10.7. The Hall–Kier alpha value is -1.27. The van der Waals surface area contributed by atoms with Gasteiger partial charge < -0.3 is 4.55 Å². The summed E-state index contributed by atoms with van der Waals surface area (Å²) in [7, 11) is -0.538. The third-order valence-corrected chi connectivity index (χ3v) is 28.7. The molecule has 15 heteroatoms. The number of rotatable bonds is 6. The number of alkyl halides is 3. The van der Waals surface area contributed by atoms with Crippen molar-refractivity contribution in [3.05, 3.63) is 245 Å². The second kappa shape index (κ2) is 34.0. The van der Waals surface area contributed by atoms with Crippen molar-refractivity contribution < 1.29 is 62.4 Å². The van der Waals surface area contributed by atoms with E-state index < -0.39 is 31.5 Å². The van der Waals surface area contributed by atoms with Gasteiger partial charge in [-0.2, -0.15) is 13.2 Å². The predicted octanol–water partition coefficient (Wildman–Crippen LogP) is 16.7. The molecule has 1 saturated heterocycles. The normalized spacial score (nSPS) is 16.3. The van der Waals surface area contributed by atoms with Crippen LogP contribution < -0.4 is 31.8 Å². The molecule has 3 aliphatic rings. The summed E-state index contributed by atoms with van der Waals surface area (Å²) in [6, 6.07) is 64.7. The second-order valence-electron chi connectivity index (χ2n) is 19.2. The molecule has 0 spiro atoms. The molecule has 3 fully saturated rings. The summed E-state index contributed by atoms with van der Waals surface area (Å²) in [6.07, 6.45) is 14.8. The van der Waals surface area contributed by atoms with Crippen LogP contribution in [-0.2, 0) is 46.4 Å². The fraction of sp³-hybridized carbons (Fsp3) is 0.220. The SMILES string of the molecule is CC(C)(C)[C]1[CH][C](C(C)(C)C)[C](C(C)(C)C)[CH]1.O=S(=O)([O-])C(F)(F)F.[CH]1[CH][CH][CH][CH]1.[Co].[P]1[P][P][P]1.[Ru+].c1ccc(P(c2ccccc2)c2ccccc2)cc1.c1ccc(P(c2ccccc2)c2ccccc2)cc1. The van der Waals surface area contributed by atoms with Crippen LogP contribution >= 0.6 is 47.7 Å². The summed E-state index contributed by atoms with van der Waals surface area (Å²) in [6.45, 7) is 20.7. The molecule has 6 aromatic rings. The minimum absolute atomic E-state index is 0. The zero-order valence-electron chi connectivity index (χ0n) is 43.0. The van der Waals surface area contributed by atoms with E-state index in [1.807, 2.05) is 32.1 Å². The van der Waals surface area contributed by atoms with E-state index in [0.29, 0.717) is 0 Å². The van der Waals surface area contributed by atoms with Crippen LogP contribution in [0.2, 0.25) is 0 Å². The van der Waals surface area contributed by atoms with Crippen LogP contribution in [0.25, 0.3) is 0 Å². The Morgan fingerprint density at radius 3 is 0.676 bits per heavy atom. The number of hydrogen-bond donors (Lipinski definition) is 0. The first-order valence-electron chi connectivity index (χ1n) is 23.2. The molecule has 0 bridgehead atoms. The molecule has 0 amide bonds. The maximum atomic E-state index is 10.7. The van der Waals surface area contributed by atoms with Gasteiger partial charge in [0.2, 0.25) is 0 Å². The molecule has 0 unspecified atom stereocenters. The molecular formula is C59H64CoF3O3P6RuS. The van der Waals surface area contributed by atoms with Crippen LogP contribution in [0.1, 0.15) is 62.3 Å². The van der Waals surface area contributed by atoms with E-state index >= 15 is 0 Å². The van der Waals surface area contributed by atoms with Gasteiger partial charge in [0.15, 0.2) is 10.1 Å². The van der Waals surface area contributed by atoms with Crippen LogP contribution in [-0.4, -0.2) is 18.5 Å². The molecule has 0 atom stereocenters. The van der Waals surface area contributed by atoms with Gasteiger partial charge in [-0.15, -0.1) is 0 Å². The summed E-state index contributed by atoms with van der Waals surface area (Å²) < 4.78 is 58.9. The fourth-order valence-electron chi connectivity index (χ4n) is 6.90. The van der Waals surface area contributed by atoms with Gasteiger partial charge in [0.05, 0.1) is 0 Å². The van der Waals surface area contributed by atoms with Gasteiger partial charge in [0, 0.05) is 48.6 Å². The monoisotopic (exact) mass is 1260 g/mol. The molecule has 3 nitrogen and oxygen atoms in total. The Morgan fingerprint density at radius 1 is 0.378 bits per heavy atom. The molecule has 74 heavy (non-hydrogen) atoms. The molecule has 392 valence electrons. The predicted molar refractivity (Wildman–Crippen MR) is 312 cm³/mol. The van der Waals surface area contributed by atoms with E-state index in [2.05, 4.69) is 257 Å². The minimum atomic E-state index is -6.09. The average Bonchev–Trinajstić information content (AvgIpc) is 4.07. The van der Waals surface area contributed by atoms with Crippen LogP contribution in [0.15, 0.2) is 182 Å². The Bertz CT molecular complexity index is 2160. The van der Waals surface area contributed by atoms with Crippen LogP contribution in [0.4, 0.5) is 13.2 Å². The molecule has 1 aliphatic heterocycles. The molecule has 2 aliphatic carbocycles. The van der Waals surface area contributed by atoms with Crippen LogP contribution in [0, 0.1) is 78.9 Å². The molecule has 6 aromatic carbocycles. The largest absolute Gasteiger partial charge is 1.00 e. The van der Waals surface area contributed by atoms with E-state index in [1.165, 1.54) is 49.6 Å². The number of benzene rings is 6. The molecular weight excluding hydrogens is 1190 g/mol. The third-order valence-electron chi connectivity index (χ3n) is 10.5. The first-order valence-corrected chi connectivity index (χ1v) is 33.7. The Balaban J connectivity index is 0.000000324. The number of hydrogen-bond acceptors (Lipinski definition) is 3. The van der Waals surface area contributed by atoms with Gasteiger partial charge in [0.1, 0.15) is 0 Å². The first-order chi connectivity index (χ1) is 34.0. The fourth-order valence-corrected chi connectivity index (χ4v) is 14.7. The van der Waals surface area contributed by atoms with E-state index in [-0.39, 0.29) is 52.5 Å². The molecule has 2 saturated carbocycles. The van der Waals surface area contributed by atoms with Crippen LogP contribution in [0.3, 0.4) is 0 Å². The van der Waals surface area contributed by atoms with Crippen molar-refractivity contribution in [3.63, 3.8) is 0 Å². The summed E-state index contributed by atoms with van der Waals surface area (Å²) >= 11 is 0. The van der Waals surface area contributed by atoms with Crippen molar-refractivity contribution in [1.29, 1.82) is 0 Å². The van der Waals surface area contributed by atoms with Crippen molar-refractivity contribution in [2.45, 2.75) is 67.8 Å². The Kier molecular flexibility index (Phi) is 31.6. The van der Waals surface area contributed by atoms with Crippen LogP contribution in [0.5, 0.6) is 0 Å². The Labute approximate surface area is 477 Å². The summed E-state index contributed by atoms with van der Waals surface area (Å²) in [5, 5.41) is 8.39.